The lowest BCUT2D eigenvalue weighted by molar-refractivity contribution is 0.100. The van der Waals surface area contributed by atoms with Gasteiger partial charge >= 0.3 is 0 Å². The van der Waals surface area contributed by atoms with Crippen molar-refractivity contribution in [1.29, 1.82) is 0 Å². The smallest absolute Gasteiger partial charge is 0.261 e. The minimum atomic E-state index is -3.50. The Bertz CT molecular complexity index is 616. The van der Waals surface area contributed by atoms with Crippen molar-refractivity contribution in [3.63, 3.8) is 0 Å². The number of nitrogen functional groups attached to an aromatic ring is 1. The van der Waals surface area contributed by atoms with Crippen molar-refractivity contribution in [1.82, 2.24) is 0 Å². The monoisotopic (exact) mass is 317 g/mol. The van der Waals surface area contributed by atoms with Gasteiger partial charge in [-0.2, -0.15) is 0 Å². The molecule has 1 fully saturated rings. The number of hydrogen-bond donors (Lipinski definition) is 3. The van der Waals surface area contributed by atoms with Crippen molar-refractivity contribution in [2.24, 2.45) is 5.73 Å². The first-order valence-corrected chi connectivity index (χ1v) is 9.05. The fraction of sp³-hybridized carbons (Fsp3) is 0.583. The average molecular weight is 317 g/mol. The zero-order chi connectivity index (χ0) is 14.9. The van der Waals surface area contributed by atoms with Crippen LogP contribution in [-0.2, 0) is 9.84 Å². The molecule has 2 rings (SSSR count). The number of carbonyl (C=O) groups excluding carboxylic acids is 1. The van der Waals surface area contributed by atoms with Crippen LogP contribution in [0.1, 0.15) is 42.3 Å². The maximum atomic E-state index is 12.2. The van der Waals surface area contributed by atoms with E-state index in [9.17, 15) is 13.2 Å². The molecule has 1 saturated carbocycles. The molecule has 1 heterocycles. The van der Waals surface area contributed by atoms with Gasteiger partial charge in [-0.3, -0.25) is 4.79 Å². The molecule has 1 aliphatic rings. The molecule has 1 amide bonds. The summed E-state index contributed by atoms with van der Waals surface area (Å²) in [5.41, 5.74) is 11.1. The third-order valence-corrected chi connectivity index (χ3v) is 6.59. The summed E-state index contributed by atoms with van der Waals surface area (Å²) < 4.78 is 24.4. The van der Waals surface area contributed by atoms with Crippen LogP contribution in [0.5, 0.6) is 0 Å². The summed E-state index contributed by atoms with van der Waals surface area (Å²) in [6.45, 7) is 1.55. The van der Waals surface area contributed by atoms with Crippen LogP contribution >= 0.6 is 11.3 Å². The minimum absolute atomic E-state index is 0.0233. The van der Waals surface area contributed by atoms with Crippen molar-refractivity contribution in [2.45, 2.75) is 43.5 Å². The molecule has 0 aliphatic heterocycles. The van der Waals surface area contributed by atoms with Crippen LogP contribution in [0, 0.1) is 0 Å². The second kappa shape index (κ2) is 5.61. The van der Waals surface area contributed by atoms with Crippen molar-refractivity contribution in [2.75, 3.05) is 16.8 Å². The lowest BCUT2D eigenvalue weighted by Crippen LogP contribution is -2.16. The largest absolute Gasteiger partial charge is 0.396 e. The molecule has 112 valence electrons. The van der Waals surface area contributed by atoms with Crippen molar-refractivity contribution < 1.29 is 13.2 Å². The fourth-order valence-electron chi connectivity index (χ4n) is 2.42. The number of primary amides is 1. The number of hydrogen-bond acceptors (Lipinski definition) is 6. The lowest BCUT2D eigenvalue weighted by Gasteiger charge is -2.13. The van der Waals surface area contributed by atoms with Crippen LogP contribution in [0.25, 0.3) is 0 Å². The van der Waals surface area contributed by atoms with Crippen molar-refractivity contribution in [3.05, 3.63) is 4.88 Å². The number of thiophene rings is 1. The van der Waals surface area contributed by atoms with Crippen LogP contribution in [0.2, 0.25) is 0 Å². The zero-order valence-electron chi connectivity index (χ0n) is 11.3. The Morgan fingerprint density at radius 3 is 2.50 bits per heavy atom. The molecule has 0 unspecified atom stereocenters. The van der Waals surface area contributed by atoms with E-state index in [-0.39, 0.29) is 27.3 Å². The molecule has 0 radical (unpaired) electrons. The number of amides is 1. The topological polar surface area (TPSA) is 115 Å². The molecule has 1 aromatic heterocycles. The van der Waals surface area contributed by atoms with Gasteiger partial charge in [0.1, 0.15) is 14.8 Å². The Hall–Kier alpha value is -1.28. The van der Waals surface area contributed by atoms with Crippen LogP contribution in [0.3, 0.4) is 0 Å². The summed E-state index contributed by atoms with van der Waals surface area (Å²) in [6.07, 6.45) is 4.23. The van der Waals surface area contributed by atoms with Crippen LogP contribution in [-0.4, -0.2) is 26.1 Å². The van der Waals surface area contributed by atoms with E-state index in [1.54, 1.807) is 6.92 Å². The highest BCUT2D eigenvalue weighted by atomic mass is 32.2. The van der Waals surface area contributed by atoms with Gasteiger partial charge in [0.05, 0.1) is 11.4 Å². The Labute approximate surface area is 122 Å². The fourth-order valence-corrected chi connectivity index (χ4v) is 5.00. The standard InChI is InChI=1S/C12H19N3O3S2/c1-2-20(17,18)10-8(13)9(11(14)16)19-12(10)15-7-5-3-4-6-7/h7,15H,2-6,13H2,1H3,(H2,14,16). The van der Waals surface area contributed by atoms with E-state index in [0.717, 1.165) is 37.0 Å². The summed E-state index contributed by atoms with van der Waals surface area (Å²) in [7, 11) is -3.50. The summed E-state index contributed by atoms with van der Waals surface area (Å²) in [5, 5.41) is 3.67. The van der Waals surface area contributed by atoms with Crippen molar-refractivity contribution >= 4 is 37.8 Å². The second-order valence-corrected chi connectivity index (χ2v) is 8.13. The number of anilines is 2. The van der Waals surface area contributed by atoms with Gasteiger partial charge in [-0.05, 0) is 12.8 Å². The molecule has 0 aromatic carbocycles. The van der Waals surface area contributed by atoms with Crippen molar-refractivity contribution in [3.8, 4) is 0 Å². The predicted molar refractivity (Wildman–Crippen MR) is 80.9 cm³/mol. The summed E-state index contributed by atoms with van der Waals surface area (Å²) in [4.78, 5) is 11.5. The van der Waals surface area contributed by atoms with E-state index in [4.69, 9.17) is 11.5 Å². The maximum Gasteiger partial charge on any atom is 0.261 e. The molecule has 6 nitrogen and oxygen atoms in total. The number of sulfone groups is 1. The summed E-state index contributed by atoms with van der Waals surface area (Å²) >= 11 is 1.03. The molecule has 0 saturated heterocycles. The van der Waals surface area contributed by atoms with Gasteiger partial charge in [0.15, 0.2) is 9.84 Å². The first-order valence-electron chi connectivity index (χ1n) is 6.58. The highest BCUT2D eigenvalue weighted by Crippen LogP contribution is 2.40. The molecule has 0 bridgehead atoms. The minimum Gasteiger partial charge on any atom is -0.396 e. The van der Waals surface area contributed by atoms with E-state index in [2.05, 4.69) is 5.32 Å². The molecule has 1 aromatic rings. The quantitative estimate of drug-likeness (QED) is 0.762. The number of carbonyl (C=O) groups is 1. The molecule has 5 N–H and O–H groups in total. The SMILES string of the molecule is CCS(=O)(=O)c1c(NC2CCCC2)sc(C(N)=O)c1N. The second-order valence-electron chi connectivity index (χ2n) is 4.90. The Balaban J connectivity index is 2.48. The molecule has 1 aliphatic carbocycles. The highest BCUT2D eigenvalue weighted by molar-refractivity contribution is 7.91. The van der Waals surface area contributed by atoms with Gasteiger partial charge < -0.3 is 16.8 Å². The molecule has 8 heteroatoms. The van der Waals surface area contributed by atoms with E-state index in [1.807, 2.05) is 0 Å². The Morgan fingerprint density at radius 1 is 1.40 bits per heavy atom. The Kier molecular flexibility index (Phi) is 4.24. The normalized spacial score (nSPS) is 16.4. The lowest BCUT2D eigenvalue weighted by atomic mass is 10.2. The van der Waals surface area contributed by atoms with Crippen LogP contribution in [0.4, 0.5) is 10.7 Å². The molecule has 0 atom stereocenters. The third-order valence-electron chi connectivity index (χ3n) is 3.50. The van der Waals surface area contributed by atoms with Gasteiger partial charge in [-0.15, -0.1) is 11.3 Å². The van der Waals surface area contributed by atoms with Gasteiger partial charge in [0.2, 0.25) is 0 Å². The number of nitrogens with two attached hydrogens (primary N) is 2. The Morgan fingerprint density at radius 2 is 2.00 bits per heavy atom. The predicted octanol–water partition coefficient (Wildman–Crippen LogP) is 1.58. The van der Waals surface area contributed by atoms with E-state index in [1.165, 1.54) is 0 Å². The number of nitrogens with one attached hydrogen (secondary N) is 1. The third kappa shape index (κ3) is 2.76. The van der Waals surface area contributed by atoms with Gasteiger partial charge in [-0.25, -0.2) is 8.42 Å². The first-order chi connectivity index (χ1) is 9.36. The van der Waals surface area contributed by atoms with E-state index < -0.39 is 15.7 Å². The molecule has 0 spiro atoms. The number of rotatable bonds is 5. The first kappa shape index (κ1) is 15.1. The maximum absolute atomic E-state index is 12.2. The van der Waals surface area contributed by atoms with E-state index >= 15 is 0 Å². The van der Waals surface area contributed by atoms with Gasteiger partial charge in [0.25, 0.3) is 5.91 Å². The van der Waals surface area contributed by atoms with Gasteiger partial charge in [-0.1, -0.05) is 19.8 Å². The van der Waals surface area contributed by atoms with Gasteiger partial charge in [0, 0.05) is 6.04 Å². The summed E-state index contributed by atoms with van der Waals surface area (Å²) in [6, 6.07) is 0.236. The summed E-state index contributed by atoms with van der Waals surface area (Å²) in [5.74, 6) is -0.759. The molecular weight excluding hydrogens is 298 g/mol. The molecule has 20 heavy (non-hydrogen) atoms. The average Bonchev–Trinajstić information content (AvgIpc) is 2.98. The van der Waals surface area contributed by atoms with E-state index in [0.29, 0.717) is 5.00 Å². The van der Waals surface area contributed by atoms with Crippen LogP contribution < -0.4 is 16.8 Å². The molecular formula is C12H19N3O3S2. The zero-order valence-corrected chi connectivity index (χ0v) is 12.9. The highest BCUT2D eigenvalue weighted by Gasteiger charge is 2.29. The van der Waals surface area contributed by atoms with Crippen LogP contribution in [0.15, 0.2) is 4.90 Å².